The molecule has 0 unspecified atom stereocenters. The molecule has 0 aliphatic heterocycles. The third kappa shape index (κ3) is 4.00. The Morgan fingerprint density at radius 3 is 2.70 bits per heavy atom. The van der Waals surface area contributed by atoms with Crippen molar-refractivity contribution in [3.8, 4) is 0 Å². The molecule has 140 valence electrons. The zero-order valence-corrected chi connectivity index (χ0v) is 14.7. The van der Waals surface area contributed by atoms with E-state index in [4.69, 9.17) is 0 Å². The van der Waals surface area contributed by atoms with Crippen LogP contribution in [0.3, 0.4) is 0 Å². The van der Waals surface area contributed by atoms with Crippen LogP contribution in [0.5, 0.6) is 0 Å². The Balaban J connectivity index is 1.78. The van der Waals surface area contributed by atoms with Gasteiger partial charge in [0, 0.05) is 25.1 Å². The van der Waals surface area contributed by atoms with Crippen molar-refractivity contribution in [2.75, 3.05) is 6.54 Å². The zero-order valence-electron chi connectivity index (χ0n) is 14.7. The minimum absolute atomic E-state index is 0.00360. The summed E-state index contributed by atoms with van der Waals surface area (Å²) in [6.07, 6.45) is 3.29. The van der Waals surface area contributed by atoms with Gasteiger partial charge in [0.25, 0.3) is 11.2 Å². The molecule has 0 bridgehead atoms. The Hall–Kier alpha value is -3.56. The van der Waals surface area contributed by atoms with Crippen molar-refractivity contribution in [2.45, 2.75) is 26.4 Å². The number of hydrogen-bond donors (Lipinski definition) is 1. The van der Waals surface area contributed by atoms with E-state index >= 15 is 0 Å². The second kappa shape index (κ2) is 7.77. The van der Waals surface area contributed by atoms with Crippen LogP contribution in [0.1, 0.15) is 18.9 Å². The van der Waals surface area contributed by atoms with Gasteiger partial charge in [0.05, 0.1) is 24.2 Å². The molecule has 0 radical (unpaired) electrons. The third-order valence-electron chi connectivity index (χ3n) is 4.09. The van der Waals surface area contributed by atoms with Crippen LogP contribution in [0.15, 0.2) is 41.6 Å². The van der Waals surface area contributed by atoms with E-state index in [0.29, 0.717) is 30.5 Å². The van der Waals surface area contributed by atoms with Gasteiger partial charge >= 0.3 is 0 Å². The minimum atomic E-state index is -0.471. The summed E-state index contributed by atoms with van der Waals surface area (Å²) in [6.45, 7) is 2.83. The molecule has 0 saturated heterocycles. The van der Waals surface area contributed by atoms with E-state index in [-0.39, 0.29) is 23.7 Å². The van der Waals surface area contributed by atoms with Crippen molar-refractivity contribution in [1.29, 1.82) is 0 Å². The summed E-state index contributed by atoms with van der Waals surface area (Å²) in [4.78, 5) is 38.5. The van der Waals surface area contributed by atoms with Gasteiger partial charge in [-0.05, 0) is 5.56 Å². The highest BCUT2D eigenvalue weighted by Crippen LogP contribution is 2.13. The molecule has 10 nitrogen and oxygen atoms in total. The monoisotopic (exact) mass is 370 g/mol. The van der Waals surface area contributed by atoms with Crippen LogP contribution < -0.4 is 10.9 Å². The van der Waals surface area contributed by atoms with Gasteiger partial charge in [-0.25, -0.2) is 9.67 Å². The molecule has 0 fully saturated rings. The van der Waals surface area contributed by atoms with Gasteiger partial charge in [-0.1, -0.05) is 19.1 Å². The lowest BCUT2D eigenvalue weighted by molar-refractivity contribution is -0.384. The maximum Gasteiger partial charge on any atom is 0.269 e. The van der Waals surface area contributed by atoms with Crippen LogP contribution in [-0.2, 0) is 17.9 Å². The number of fused-ring (bicyclic) bond motifs is 1. The van der Waals surface area contributed by atoms with E-state index in [9.17, 15) is 19.7 Å². The quantitative estimate of drug-likeness (QED) is 0.490. The van der Waals surface area contributed by atoms with Crippen molar-refractivity contribution in [2.24, 2.45) is 0 Å². The lowest BCUT2D eigenvalue weighted by Gasteiger charge is -2.07. The zero-order chi connectivity index (χ0) is 19.4. The Bertz CT molecular complexity index is 1040. The van der Waals surface area contributed by atoms with Crippen molar-refractivity contribution in [3.05, 3.63) is 62.8 Å². The van der Waals surface area contributed by atoms with Crippen LogP contribution in [0.25, 0.3) is 11.0 Å². The summed E-state index contributed by atoms with van der Waals surface area (Å²) in [5.41, 5.74) is 0.947. The Morgan fingerprint density at radius 1 is 1.30 bits per heavy atom. The first-order valence-corrected chi connectivity index (χ1v) is 8.40. The second-order valence-electron chi connectivity index (χ2n) is 5.91. The number of benzene rings is 1. The number of hydrogen-bond acceptors (Lipinski definition) is 6. The molecule has 0 saturated carbocycles. The fourth-order valence-electron chi connectivity index (χ4n) is 2.62. The first kappa shape index (κ1) is 18.2. The van der Waals surface area contributed by atoms with E-state index < -0.39 is 4.92 Å². The van der Waals surface area contributed by atoms with Gasteiger partial charge in [0.1, 0.15) is 11.7 Å². The van der Waals surface area contributed by atoms with Gasteiger partial charge in [-0.15, -0.1) is 0 Å². The standard InChI is InChI=1S/C17H18N6O4/c1-2-15(24)18-7-8-22-16-14(9-20-22)17(25)21(11-19-16)10-12-3-5-13(6-4-12)23(26)27/h3-6,9,11H,2,7-8,10H2,1H3,(H,18,24). The molecule has 1 amide bonds. The molecule has 2 heterocycles. The molecule has 27 heavy (non-hydrogen) atoms. The molecule has 1 aromatic carbocycles. The molecule has 0 atom stereocenters. The summed E-state index contributed by atoms with van der Waals surface area (Å²) in [5, 5.41) is 18.0. The van der Waals surface area contributed by atoms with Crippen LogP contribution in [-0.4, -0.2) is 36.7 Å². The highest BCUT2D eigenvalue weighted by molar-refractivity contribution is 5.75. The third-order valence-corrected chi connectivity index (χ3v) is 4.09. The van der Waals surface area contributed by atoms with E-state index in [2.05, 4.69) is 15.4 Å². The number of nitro benzene ring substituents is 1. The van der Waals surface area contributed by atoms with E-state index in [1.165, 1.54) is 29.2 Å². The fourth-order valence-corrected chi connectivity index (χ4v) is 2.62. The van der Waals surface area contributed by atoms with E-state index in [1.54, 1.807) is 23.7 Å². The average molecular weight is 370 g/mol. The Kier molecular flexibility index (Phi) is 5.25. The summed E-state index contributed by atoms with van der Waals surface area (Å²) in [5.74, 6) is -0.0510. The number of carbonyl (C=O) groups is 1. The van der Waals surface area contributed by atoms with Crippen molar-refractivity contribution in [1.82, 2.24) is 24.6 Å². The smallest absolute Gasteiger partial charge is 0.269 e. The highest BCUT2D eigenvalue weighted by atomic mass is 16.6. The average Bonchev–Trinajstić information content (AvgIpc) is 3.08. The minimum Gasteiger partial charge on any atom is -0.354 e. The van der Waals surface area contributed by atoms with Gasteiger partial charge in [-0.3, -0.25) is 24.3 Å². The number of aromatic nitrogens is 4. The van der Waals surface area contributed by atoms with Crippen LogP contribution >= 0.6 is 0 Å². The maximum atomic E-state index is 12.6. The summed E-state index contributed by atoms with van der Waals surface area (Å²) in [7, 11) is 0. The van der Waals surface area contributed by atoms with Gasteiger partial charge in [0.15, 0.2) is 5.65 Å². The fraction of sp³-hybridized carbons (Fsp3) is 0.294. The number of non-ortho nitro benzene ring substituents is 1. The highest BCUT2D eigenvalue weighted by Gasteiger charge is 2.11. The lowest BCUT2D eigenvalue weighted by atomic mass is 10.2. The summed E-state index contributed by atoms with van der Waals surface area (Å²) < 4.78 is 3.00. The molecular weight excluding hydrogens is 352 g/mol. The summed E-state index contributed by atoms with van der Waals surface area (Å²) >= 11 is 0. The molecule has 10 heteroatoms. The SMILES string of the molecule is CCC(=O)NCCn1ncc2c(=O)n(Cc3ccc([N+](=O)[O-])cc3)cnc21. The molecule has 1 N–H and O–H groups in total. The van der Waals surface area contributed by atoms with Crippen LogP contribution in [0.4, 0.5) is 5.69 Å². The number of amides is 1. The summed E-state index contributed by atoms with van der Waals surface area (Å²) in [6, 6.07) is 6.01. The normalized spacial score (nSPS) is 10.9. The molecule has 0 aliphatic carbocycles. The number of carbonyl (C=O) groups excluding carboxylic acids is 1. The van der Waals surface area contributed by atoms with Gasteiger partial charge in [-0.2, -0.15) is 5.10 Å². The maximum absolute atomic E-state index is 12.6. The van der Waals surface area contributed by atoms with Crippen molar-refractivity contribution in [3.63, 3.8) is 0 Å². The van der Waals surface area contributed by atoms with Gasteiger partial charge < -0.3 is 5.32 Å². The van der Waals surface area contributed by atoms with E-state index in [0.717, 1.165) is 5.56 Å². The van der Waals surface area contributed by atoms with Crippen molar-refractivity contribution < 1.29 is 9.72 Å². The van der Waals surface area contributed by atoms with Crippen LogP contribution in [0.2, 0.25) is 0 Å². The lowest BCUT2D eigenvalue weighted by Crippen LogP contribution is -2.27. The second-order valence-corrected chi connectivity index (χ2v) is 5.91. The predicted molar refractivity (Wildman–Crippen MR) is 97.3 cm³/mol. The largest absolute Gasteiger partial charge is 0.354 e. The number of nitro groups is 1. The number of nitrogens with zero attached hydrogens (tertiary/aromatic N) is 5. The van der Waals surface area contributed by atoms with Gasteiger partial charge in [0.2, 0.25) is 5.91 Å². The number of rotatable bonds is 7. The molecule has 0 aliphatic rings. The Morgan fingerprint density at radius 2 is 2.04 bits per heavy atom. The first-order valence-electron chi connectivity index (χ1n) is 8.40. The first-order chi connectivity index (χ1) is 13.0. The van der Waals surface area contributed by atoms with E-state index in [1.807, 2.05) is 0 Å². The topological polar surface area (TPSA) is 125 Å². The molecule has 2 aromatic heterocycles. The molecular formula is C17H18N6O4. The van der Waals surface area contributed by atoms with Crippen LogP contribution in [0, 0.1) is 10.1 Å². The Labute approximate surface area is 153 Å². The molecule has 0 spiro atoms. The molecule has 3 aromatic rings. The predicted octanol–water partition coefficient (Wildman–Crippen LogP) is 1.08. The molecule has 3 rings (SSSR count). The van der Waals surface area contributed by atoms with Crippen molar-refractivity contribution >= 4 is 22.6 Å². The number of nitrogens with one attached hydrogen (secondary N) is 1.